The lowest BCUT2D eigenvalue weighted by Gasteiger charge is -2.18. The summed E-state index contributed by atoms with van der Waals surface area (Å²) in [6.45, 7) is 4.62. The van der Waals surface area contributed by atoms with E-state index in [1.807, 2.05) is 23.1 Å². The van der Waals surface area contributed by atoms with Crippen LogP contribution >= 0.6 is 12.4 Å². The summed E-state index contributed by atoms with van der Waals surface area (Å²) in [5.41, 5.74) is 6.00. The van der Waals surface area contributed by atoms with Crippen molar-refractivity contribution in [3.05, 3.63) is 40.3 Å². The first-order valence-electron chi connectivity index (χ1n) is 9.15. The Morgan fingerprint density at radius 1 is 1.27 bits per heavy atom. The molecule has 1 aliphatic heterocycles. The summed E-state index contributed by atoms with van der Waals surface area (Å²) in [7, 11) is 0. The van der Waals surface area contributed by atoms with Crippen molar-refractivity contribution < 1.29 is 4.79 Å². The molecule has 3 rings (SSSR count). The summed E-state index contributed by atoms with van der Waals surface area (Å²) < 4.78 is 1.46. The minimum absolute atomic E-state index is 0. The minimum atomic E-state index is -0.121. The van der Waals surface area contributed by atoms with Crippen LogP contribution in [0.3, 0.4) is 0 Å². The molecule has 1 saturated heterocycles. The molecule has 0 spiro atoms. The molecule has 1 atom stereocenters. The van der Waals surface area contributed by atoms with Crippen molar-refractivity contribution in [1.29, 1.82) is 0 Å². The fraction of sp³-hybridized carbons (Fsp3) is 0.526. The Morgan fingerprint density at radius 3 is 2.65 bits per heavy atom. The van der Waals surface area contributed by atoms with E-state index in [1.165, 1.54) is 4.68 Å². The summed E-state index contributed by atoms with van der Waals surface area (Å²) in [5.74, 6) is 0.252. The van der Waals surface area contributed by atoms with Crippen molar-refractivity contribution in [2.24, 2.45) is 11.7 Å². The van der Waals surface area contributed by atoms with Gasteiger partial charge in [0.2, 0.25) is 0 Å². The van der Waals surface area contributed by atoms with E-state index in [9.17, 15) is 9.59 Å². The highest BCUT2D eigenvalue weighted by molar-refractivity contribution is 6.04. The molecule has 1 unspecified atom stereocenters. The molecule has 2 heterocycles. The molecule has 6 nitrogen and oxygen atoms in total. The molecule has 2 aromatic rings. The molecule has 1 aromatic carbocycles. The fourth-order valence-electron chi connectivity index (χ4n) is 3.42. The van der Waals surface area contributed by atoms with Gasteiger partial charge >= 0.3 is 0 Å². The Hall–Kier alpha value is -1.92. The number of nitrogens with zero attached hydrogens (tertiary/aromatic N) is 3. The number of aromatic nitrogens is 2. The molecule has 0 radical (unpaired) electrons. The number of hydrogen-bond donors (Lipinski definition) is 1. The minimum Gasteiger partial charge on any atom is -0.337 e. The van der Waals surface area contributed by atoms with Gasteiger partial charge in [-0.3, -0.25) is 9.59 Å². The van der Waals surface area contributed by atoms with Crippen LogP contribution in [0.25, 0.3) is 10.8 Å². The Bertz CT molecular complexity index is 821. The molecule has 2 N–H and O–H groups in total. The predicted molar refractivity (Wildman–Crippen MR) is 106 cm³/mol. The molecule has 0 saturated carbocycles. The first-order valence-corrected chi connectivity index (χ1v) is 9.15. The maximum Gasteiger partial charge on any atom is 0.274 e. The first kappa shape index (κ1) is 20.4. The zero-order valence-corrected chi connectivity index (χ0v) is 16.0. The zero-order chi connectivity index (χ0) is 17.8. The highest BCUT2D eigenvalue weighted by Crippen LogP contribution is 2.20. The van der Waals surface area contributed by atoms with Gasteiger partial charge in [-0.2, -0.15) is 5.10 Å². The number of carbonyl (C=O) groups excluding carboxylic acids is 1. The van der Waals surface area contributed by atoms with Crippen LogP contribution < -0.4 is 11.3 Å². The lowest BCUT2D eigenvalue weighted by molar-refractivity contribution is 0.0781. The molecule has 1 amide bonds. The van der Waals surface area contributed by atoms with Crippen LogP contribution in [-0.2, 0) is 6.54 Å². The summed E-state index contributed by atoms with van der Waals surface area (Å²) in [4.78, 5) is 27.5. The average Bonchev–Trinajstić information content (AvgIpc) is 3.12. The fourth-order valence-corrected chi connectivity index (χ4v) is 3.42. The highest BCUT2D eigenvalue weighted by Gasteiger charge is 2.28. The van der Waals surface area contributed by atoms with Crippen molar-refractivity contribution >= 4 is 29.1 Å². The number of amides is 1. The number of nitrogens with two attached hydrogens (primary N) is 1. The molecule has 1 aromatic heterocycles. The number of benzene rings is 1. The Balaban J connectivity index is 0.00000243. The van der Waals surface area contributed by atoms with Crippen LogP contribution in [0.5, 0.6) is 0 Å². The van der Waals surface area contributed by atoms with Crippen molar-refractivity contribution in [1.82, 2.24) is 14.7 Å². The van der Waals surface area contributed by atoms with E-state index in [-0.39, 0.29) is 23.9 Å². The first-order chi connectivity index (χ1) is 12.2. The standard InChI is InChI=1S/C19H26N4O2.ClH/c1-2-3-6-10-23-18(24)16-8-5-4-7-15(16)17(21-23)19(25)22-11-9-14(12-20)13-22;/h4-5,7-8,14H,2-3,6,9-13,20H2,1H3;1H. The Morgan fingerprint density at radius 2 is 2.00 bits per heavy atom. The number of halogens is 1. The highest BCUT2D eigenvalue weighted by atomic mass is 35.5. The van der Waals surface area contributed by atoms with E-state index in [1.54, 1.807) is 6.07 Å². The number of fused-ring (bicyclic) bond motifs is 1. The summed E-state index contributed by atoms with van der Waals surface area (Å²) in [5, 5.41) is 5.65. The van der Waals surface area contributed by atoms with Crippen LogP contribution in [0.2, 0.25) is 0 Å². The molecular formula is C19H27ClN4O2. The SMILES string of the molecule is CCCCCn1nc(C(=O)N2CCC(CN)C2)c2ccccc2c1=O.Cl. The van der Waals surface area contributed by atoms with E-state index in [0.29, 0.717) is 48.6 Å². The van der Waals surface area contributed by atoms with E-state index < -0.39 is 0 Å². The van der Waals surface area contributed by atoms with Gasteiger partial charge in [-0.25, -0.2) is 4.68 Å². The lowest BCUT2D eigenvalue weighted by atomic mass is 10.1. The van der Waals surface area contributed by atoms with E-state index in [2.05, 4.69) is 12.0 Å². The number of unbranched alkanes of at least 4 members (excludes halogenated alkanes) is 2. The van der Waals surface area contributed by atoms with Crippen LogP contribution in [-0.4, -0.2) is 40.2 Å². The number of likely N-dealkylation sites (tertiary alicyclic amines) is 1. The molecule has 1 aliphatic rings. The topological polar surface area (TPSA) is 81.2 Å². The van der Waals surface area contributed by atoms with E-state index in [0.717, 1.165) is 25.7 Å². The van der Waals surface area contributed by atoms with Gasteiger partial charge in [-0.05, 0) is 31.4 Å². The second-order valence-electron chi connectivity index (χ2n) is 6.77. The quantitative estimate of drug-likeness (QED) is 0.783. The number of carbonyl (C=O) groups is 1. The largest absolute Gasteiger partial charge is 0.337 e. The van der Waals surface area contributed by atoms with Gasteiger partial charge in [0.1, 0.15) is 0 Å². The smallest absolute Gasteiger partial charge is 0.274 e. The Kier molecular flexibility index (Phi) is 7.17. The molecule has 7 heteroatoms. The van der Waals surface area contributed by atoms with Gasteiger partial charge in [0.25, 0.3) is 11.5 Å². The number of aryl methyl sites for hydroxylation is 1. The van der Waals surface area contributed by atoms with Crippen molar-refractivity contribution in [2.45, 2.75) is 39.2 Å². The van der Waals surface area contributed by atoms with Gasteiger partial charge in [-0.1, -0.05) is 38.0 Å². The third-order valence-electron chi connectivity index (χ3n) is 4.95. The third-order valence-corrected chi connectivity index (χ3v) is 4.95. The van der Waals surface area contributed by atoms with Gasteiger partial charge in [0, 0.05) is 25.0 Å². The normalized spacial score (nSPS) is 16.7. The summed E-state index contributed by atoms with van der Waals surface area (Å²) in [6.07, 6.45) is 3.92. The maximum atomic E-state index is 13.0. The molecule has 26 heavy (non-hydrogen) atoms. The Labute approximate surface area is 159 Å². The van der Waals surface area contributed by atoms with Crippen molar-refractivity contribution in [3.63, 3.8) is 0 Å². The zero-order valence-electron chi connectivity index (χ0n) is 15.2. The molecule has 0 aliphatic carbocycles. The van der Waals surface area contributed by atoms with Crippen LogP contribution in [0.4, 0.5) is 0 Å². The maximum absolute atomic E-state index is 13.0. The number of rotatable bonds is 6. The number of hydrogen-bond acceptors (Lipinski definition) is 4. The van der Waals surface area contributed by atoms with Crippen LogP contribution in [0.1, 0.15) is 43.1 Å². The van der Waals surface area contributed by atoms with Crippen molar-refractivity contribution in [3.8, 4) is 0 Å². The average molecular weight is 379 g/mol. The second kappa shape index (κ2) is 9.14. The van der Waals surface area contributed by atoms with Gasteiger partial charge in [0.05, 0.1) is 5.39 Å². The van der Waals surface area contributed by atoms with Crippen LogP contribution in [0.15, 0.2) is 29.1 Å². The second-order valence-corrected chi connectivity index (χ2v) is 6.77. The molecule has 142 valence electrons. The van der Waals surface area contributed by atoms with Crippen molar-refractivity contribution in [2.75, 3.05) is 19.6 Å². The third kappa shape index (κ3) is 4.07. The summed E-state index contributed by atoms with van der Waals surface area (Å²) >= 11 is 0. The monoisotopic (exact) mass is 378 g/mol. The molecule has 1 fully saturated rings. The molecular weight excluding hydrogens is 352 g/mol. The molecule has 0 bridgehead atoms. The lowest BCUT2D eigenvalue weighted by Crippen LogP contribution is -2.33. The van der Waals surface area contributed by atoms with Gasteiger partial charge in [-0.15, -0.1) is 12.4 Å². The van der Waals surface area contributed by atoms with E-state index >= 15 is 0 Å². The summed E-state index contributed by atoms with van der Waals surface area (Å²) in [6, 6.07) is 7.26. The predicted octanol–water partition coefficient (Wildman–Crippen LogP) is 2.43. The van der Waals surface area contributed by atoms with Gasteiger partial charge < -0.3 is 10.6 Å². The van der Waals surface area contributed by atoms with Gasteiger partial charge in [0.15, 0.2) is 5.69 Å². The van der Waals surface area contributed by atoms with Crippen LogP contribution in [0, 0.1) is 5.92 Å². The van der Waals surface area contributed by atoms with E-state index in [4.69, 9.17) is 5.73 Å².